The Kier molecular flexibility index (Phi) is 5.85. The van der Waals surface area contributed by atoms with Gasteiger partial charge in [-0.3, -0.25) is 14.9 Å². The molecule has 31 heavy (non-hydrogen) atoms. The number of hydrogen-bond donors (Lipinski definition) is 0. The summed E-state index contributed by atoms with van der Waals surface area (Å²) in [5.41, 5.74) is 0.847. The van der Waals surface area contributed by atoms with Crippen LogP contribution in [0.4, 0.5) is 5.69 Å². The van der Waals surface area contributed by atoms with E-state index >= 15 is 0 Å². The second-order valence-electron chi connectivity index (χ2n) is 7.20. The molecule has 10 heteroatoms. The molecule has 160 valence electrons. The summed E-state index contributed by atoms with van der Waals surface area (Å²) in [4.78, 5) is 29.5. The van der Waals surface area contributed by atoms with E-state index in [1.165, 1.54) is 18.2 Å². The molecule has 0 radical (unpaired) electrons. The van der Waals surface area contributed by atoms with E-state index in [0.717, 1.165) is 18.4 Å². The largest absolute Gasteiger partial charge is 0.497 e. The van der Waals surface area contributed by atoms with E-state index in [2.05, 4.69) is 10.1 Å². The van der Waals surface area contributed by atoms with Gasteiger partial charge in [0.25, 0.3) is 11.6 Å². The van der Waals surface area contributed by atoms with Crippen LogP contribution in [0.15, 0.2) is 47.0 Å². The molecule has 2 heterocycles. The highest BCUT2D eigenvalue weighted by Gasteiger charge is 2.30. The van der Waals surface area contributed by atoms with Crippen molar-refractivity contribution in [1.82, 2.24) is 15.0 Å². The molecule has 1 fully saturated rings. The molecule has 0 bridgehead atoms. The number of rotatable bonds is 5. The molecular weight excluding hydrogens is 424 g/mol. The molecule has 0 aliphatic carbocycles. The number of piperidine rings is 1. The minimum atomic E-state index is -0.549. The van der Waals surface area contributed by atoms with Gasteiger partial charge in [-0.05, 0) is 31.0 Å². The molecule has 1 saturated heterocycles. The van der Waals surface area contributed by atoms with Crippen molar-refractivity contribution in [3.8, 4) is 17.1 Å². The van der Waals surface area contributed by atoms with Crippen LogP contribution in [0.25, 0.3) is 11.4 Å². The van der Waals surface area contributed by atoms with Crippen LogP contribution in [-0.4, -0.2) is 46.1 Å². The van der Waals surface area contributed by atoms with Crippen LogP contribution in [-0.2, 0) is 0 Å². The lowest BCUT2D eigenvalue weighted by Crippen LogP contribution is -2.39. The first-order valence-corrected chi connectivity index (χ1v) is 10.1. The molecule has 1 unspecified atom stereocenters. The Hall–Kier alpha value is -3.46. The van der Waals surface area contributed by atoms with Gasteiger partial charge in [0.05, 0.1) is 28.5 Å². The Balaban J connectivity index is 1.51. The van der Waals surface area contributed by atoms with Crippen molar-refractivity contribution in [3.05, 3.63) is 69.1 Å². The summed E-state index contributed by atoms with van der Waals surface area (Å²) >= 11 is 6.13. The van der Waals surface area contributed by atoms with Gasteiger partial charge in [-0.25, -0.2) is 0 Å². The van der Waals surface area contributed by atoms with E-state index in [1.54, 1.807) is 12.0 Å². The lowest BCUT2D eigenvalue weighted by atomic mass is 9.97. The van der Waals surface area contributed by atoms with E-state index in [0.29, 0.717) is 30.6 Å². The SMILES string of the molecule is COc1cccc(-c2noc(C3CCCN(C(=O)c4ccc([N+](=O)[O-])cc4Cl)C3)n2)c1. The first-order chi connectivity index (χ1) is 15.0. The van der Waals surface area contributed by atoms with Gasteiger partial charge in [0.15, 0.2) is 0 Å². The zero-order valence-electron chi connectivity index (χ0n) is 16.7. The first kappa shape index (κ1) is 20.8. The average molecular weight is 443 g/mol. The number of nitro groups is 1. The van der Waals surface area contributed by atoms with Crippen LogP contribution >= 0.6 is 11.6 Å². The van der Waals surface area contributed by atoms with Crippen LogP contribution in [0.3, 0.4) is 0 Å². The highest BCUT2D eigenvalue weighted by molar-refractivity contribution is 6.34. The predicted molar refractivity (Wildman–Crippen MR) is 112 cm³/mol. The summed E-state index contributed by atoms with van der Waals surface area (Å²) in [6, 6.07) is 11.2. The van der Waals surface area contributed by atoms with Crippen molar-refractivity contribution in [1.29, 1.82) is 0 Å². The van der Waals surface area contributed by atoms with Crippen molar-refractivity contribution < 1.29 is 19.0 Å². The number of benzene rings is 2. The number of hydrogen-bond acceptors (Lipinski definition) is 7. The highest BCUT2D eigenvalue weighted by Crippen LogP contribution is 2.30. The topological polar surface area (TPSA) is 112 Å². The number of methoxy groups -OCH3 is 1. The molecule has 1 atom stereocenters. The van der Waals surface area contributed by atoms with Crippen molar-refractivity contribution in [3.63, 3.8) is 0 Å². The van der Waals surface area contributed by atoms with E-state index in [4.69, 9.17) is 20.9 Å². The average Bonchev–Trinajstić information content (AvgIpc) is 3.29. The quantitative estimate of drug-likeness (QED) is 0.427. The van der Waals surface area contributed by atoms with Gasteiger partial charge in [-0.2, -0.15) is 4.98 Å². The standard InChI is InChI=1S/C21H19ClN4O5/c1-30-16-6-2-4-13(10-16)19-23-20(31-24-19)14-5-3-9-25(12-14)21(27)17-8-7-15(26(28)29)11-18(17)22/h2,4,6-8,10-11,14H,3,5,9,12H2,1H3. The van der Waals surface area contributed by atoms with Crippen molar-refractivity contribution in [2.24, 2.45) is 0 Å². The van der Waals surface area contributed by atoms with E-state index in [-0.39, 0.29) is 28.1 Å². The van der Waals surface area contributed by atoms with Gasteiger partial charge >= 0.3 is 0 Å². The lowest BCUT2D eigenvalue weighted by Gasteiger charge is -2.31. The number of nitrogens with zero attached hydrogens (tertiary/aromatic N) is 4. The van der Waals surface area contributed by atoms with E-state index in [9.17, 15) is 14.9 Å². The lowest BCUT2D eigenvalue weighted by molar-refractivity contribution is -0.384. The Morgan fingerprint density at radius 1 is 1.32 bits per heavy atom. The summed E-state index contributed by atoms with van der Waals surface area (Å²) < 4.78 is 10.7. The Morgan fingerprint density at radius 3 is 2.90 bits per heavy atom. The maximum atomic E-state index is 13.0. The predicted octanol–water partition coefficient (Wildman–Crippen LogP) is 4.33. The van der Waals surface area contributed by atoms with Gasteiger partial charge in [-0.15, -0.1) is 0 Å². The van der Waals surface area contributed by atoms with Crippen molar-refractivity contribution in [2.45, 2.75) is 18.8 Å². The van der Waals surface area contributed by atoms with Crippen LogP contribution < -0.4 is 4.74 Å². The second kappa shape index (κ2) is 8.73. The molecule has 1 aromatic heterocycles. The molecular formula is C21H19ClN4O5. The van der Waals surface area contributed by atoms with Gasteiger partial charge < -0.3 is 14.2 Å². The Labute approximate surface area is 182 Å². The molecule has 1 aliphatic heterocycles. The molecule has 0 saturated carbocycles. The number of likely N-dealkylation sites (tertiary alicyclic amines) is 1. The smallest absolute Gasteiger partial charge is 0.270 e. The molecule has 1 amide bonds. The monoisotopic (exact) mass is 442 g/mol. The summed E-state index contributed by atoms with van der Waals surface area (Å²) in [6.07, 6.45) is 1.56. The summed E-state index contributed by atoms with van der Waals surface area (Å²) in [7, 11) is 1.59. The highest BCUT2D eigenvalue weighted by atomic mass is 35.5. The summed E-state index contributed by atoms with van der Waals surface area (Å²) in [6.45, 7) is 0.950. The fourth-order valence-electron chi connectivity index (χ4n) is 3.60. The van der Waals surface area contributed by atoms with Gasteiger partial charge in [-0.1, -0.05) is 28.9 Å². The van der Waals surface area contributed by atoms with Crippen LogP contribution in [0.5, 0.6) is 5.75 Å². The van der Waals surface area contributed by atoms with Gasteiger partial charge in [0.1, 0.15) is 5.75 Å². The number of carbonyl (C=O) groups is 1. The third kappa shape index (κ3) is 4.36. The third-order valence-electron chi connectivity index (χ3n) is 5.22. The minimum Gasteiger partial charge on any atom is -0.497 e. The number of carbonyl (C=O) groups excluding carboxylic acids is 1. The van der Waals surface area contributed by atoms with Gasteiger partial charge in [0.2, 0.25) is 11.7 Å². The number of non-ortho nitro benzene ring substituents is 1. The molecule has 0 N–H and O–H groups in total. The van der Waals surface area contributed by atoms with Crippen LogP contribution in [0.2, 0.25) is 5.02 Å². The number of nitro benzene ring substituents is 1. The first-order valence-electron chi connectivity index (χ1n) is 9.67. The molecule has 1 aliphatic rings. The maximum absolute atomic E-state index is 13.0. The minimum absolute atomic E-state index is 0.0550. The number of ether oxygens (including phenoxy) is 1. The molecule has 3 aromatic rings. The fraction of sp³-hybridized carbons (Fsp3) is 0.286. The molecule has 9 nitrogen and oxygen atoms in total. The second-order valence-corrected chi connectivity index (χ2v) is 7.61. The van der Waals surface area contributed by atoms with Crippen LogP contribution in [0, 0.1) is 10.1 Å². The zero-order valence-corrected chi connectivity index (χ0v) is 17.4. The third-order valence-corrected chi connectivity index (χ3v) is 5.53. The fourth-order valence-corrected chi connectivity index (χ4v) is 3.86. The van der Waals surface area contributed by atoms with Crippen molar-refractivity contribution in [2.75, 3.05) is 20.2 Å². The van der Waals surface area contributed by atoms with Crippen molar-refractivity contribution >= 4 is 23.2 Å². The zero-order chi connectivity index (χ0) is 22.0. The van der Waals surface area contributed by atoms with E-state index in [1.807, 2.05) is 24.3 Å². The molecule has 0 spiro atoms. The number of amides is 1. The van der Waals surface area contributed by atoms with Gasteiger partial charge in [0, 0.05) is 30.8 Å². The molecule has 4 rings (SSSR count). The number of halogens is 1. The Bertz CT molecular complexity index is 1130. The summed E-state index contributed by atoms with van der Waals surface area (Å²) in [5.74, 6) is 1.22. The van der Waals surface area contributed by atoms with E-state index < -0.39 is 4.92 Å². The maximum Gasteiger partial charge on any atom is 0.270 e. The molecule has 2 aromatic carbocycles. The number of aromatic nitrogens is 2. The summed E-state index contributed by atoms with van der Waals surface area (Å²) in [5, 5.41) is 15.0. The normalized spacial score (nSPS) is 16.2. The Morgan fingerprint density at radius 2 is 2.16 bits per heavy atom. The van der Waals surface area contributed by atoms with Crippen LogP contribution in [0.1, 0.15) is 35.0 Å².